The minimum atomic E-state index is -0.534. The number of thioether (sulfide) groups is 1. The van der Waals surface area contributed by atoms with E-state index in [0.717, 1.165) is 16.7 Å². The standard InChI is InChI=1S/C27H21Cl2N3O2S/c1-17-7-10-20(11-8-17)32-26(34)24(14-19-9-12-22(28)23(29)13-19)35-27(32)21(15-30)25(33)31-16-18-5-3-2-4-6-18/h2-13,24H,14,16H2,1H3,(H,31,33)/b27-21-. The molecule has 1 unspecified atom stereocenters. The summed E-state index contributed by atoms with van der Waals surface area (Å²) in [5.41, 5.74) is 3.28. The van der Waals surface area contributed by atoms with Crippen molar-refractivity contribution in [1.29, 1.82) is 5.26 Å². The number of hydrogen-bond acceptors (Lipinski definition) is 4. The molecule has 0 radical (unpaired) electrons. The first-order valence-corrected chi connectivity index (χ1v) is 12.5. The normalized spacial score (nSPS) is 16.7. The van der Waals surface area contributed by atoms with Gasteiger partial charge in [0.25, 0.3) is 5.91 Å². The van der Waals surface area contributed by atoms with Crippen LogP contribution in [0.1, 0.15) is 16.7 Å². The number of hydrogen-bond donors (Lipinski definition) is 1. The topological polar surface area (TPSA) is 73.2 Å². The summed E-state index contributed by atoms with van der Waals surface area (Å²) in [4.78, 5) is 28.1. The predicted molar refractivity (Wildman–Crippen MR) is 141 cm³/mol. The highest BCUT2D eigenvalue weighted by Crippen LogP contribution is 2.42. The number of nitriles is 1. The van der Waals surface area contributed by atoms with E-state index in [2.05, 4.69) is 5.32 Å². The van der Waals surface area contributed by atoms with E-state index in [1.165, 1.54) is 16.7 Å². The second kappa shape index (κ2) is 11.0. The third-order valence-corrected chi connectivity index (χ3v) is 7.50. The zero-order valence-electron chi connectivity index (χ0n) is 18.8. The third kappa shape index (κ3) is 5.71. The molecule has 176 valence electrons. The summed E-state index contributed by atoms with van der Waals surface area (Å²) in [5, 5.41) is 13.4. The Hall–Kier alpha value is -3.24. The van der Waals surface area contributed by atoms with Crippen molar-refractivity contribution in [3.05, 3.63) is 110 Å². The van der Waals surface area contributed by atoms with Crippen molar-refractivity contribution in [3.63, 3.8) is 0 Å². The zero-order valence-corrected chi connectivity index (χ0v) is 21.1. The Morgan fingerprint density at radius 2 is 1.74 bits per heavy atom. The molecule has 1 atom stereocenters. The van der Waals surface area contributed by atoms with E-state index in [9.17, 15) is 14.9 Å². The minimum Gasteiger partial charge on any atom is -0.347 e. The number of nitrogens with one attached hydrogen (secondary N) is 1. The predicted octanol–water partition coefficient (Wildman–Crippen LogP) is 6.04. The highest BCUT2D eigenvalue weighted by atomic mass is 35.5. The molecule has 35 heavy (non-hydrogen) atoms. The molecular weight excluding hydrogens is 501 g/mol. The average molecular weight is 522 g/mol. The fourth-order valence-electron chi connectivity index (χ4n) is 3.66. The van der Waals surface area contributed by atoms with E-state index in [-0.39, 0.29) is 18.0 Å². The van der Waals surface area contributed by atoms with Crippen molar-refractivity contribution in [2.24, 2.45) is 0 Å². The van der Waals surface area contributed by atoms with E-state index in [4.69, 9.17) is 23.2 Å². The van der Waals surface area contributed by atoms with Gasteiger partial charge in [-0.15, -0.1) is 0 Å². The Balaban J connectivity index is 1.67. The molecule has 1 N–H and O–H groups in total. The molecule has 1 saturated heterocycles. The number of aryl methyl sites for hydroxylation is 1. The van der Waals surface area contributed by atoms with Crippen molar-refractivity contribution in [3.8, 4) is 6.07 Å². The first-order chi connectivity index (χ1) is 16.9. The van der Waals surface area contributed by atoms with Crippen LogP contribution in [0.15, 0.2) is 83.4 Å². The van der Waals surface area contributed by atoms with E-state index in [1.807, 2.05) is 73.7 Å². The van der Waals surface area contributed by atoms with Gasteiger partial charge in [-0.05, 0) is 48.7 Å². The van der Waals surface area contributed by atoms with E-state index in [0.29, 0.717) is 27.2 Å². The number of rotatable bonds is 6. The van der Waals surface area contributed by atoms with Crippen LogP contribution in [0.25, 0.3) is 0 Å². The van der Waals surface area contributed by atoms with Crippen LogP contribution >= 0.6 is 35.0 Å². The van der Waals surface area contributed by atoms with Gasteiger partial charge >= 0.3 is 0 Å². The summed E-state index contributed by atoms with van der Waals surface area (Å²) >= 11 is 13.4. The lowest BCUT2D eigenvalue weighted by molar-refractivity contribution is -0.117. The lowest BCUT2D eigenvalue weighted by Gasteiger charge is -2.19. The van der Waals surface area contributed by atoms with Crippen molar-refractivity contribution < 1.29 is 9.59 Å². The maximum absolute atomic E-state index is 13.6. The lowest BCUT2D eigenvalue weighted by Crippen LogP contribution is -2.32. The van der Waals surface area contributed by atoms with Crippen molar-refractivity contribution in [2.45, 2.75) is 25.1 Å². The second-order valence-corrected chi connectivity index (χ2v) is 10.0. The molecule has 0 spiro atoms. The van der Waals surface area contributed by atoms with Crippen molar-refractivity contribution >= 4 is 52.5 Å². The van der Waals surface area contributed by atoms with Gasteiger partial charge in [-0.25, -0.2) is 0 Å². The van der Waals surface area contributed by atoms with Gasteiger partial charge in [0, 0.05) is 12.2 Å². The molecule has 3 aromatic rings. The fraction of sp³-hybridized carbons (Fsp3) is 0.148. The summed E-state index contributed by atoms with van der Waals surface area (Å²) in [6.45, 7) is 2.22. The second-order valence-electron chi connectivity index (χ2n) is 8.03. The molecule has 1 fully saturated rings. The summed E-state index contributed by atoms with van der Waals surface area (Å²) in [7, 11) is 0. The van der Waals surface area contributed by atoms with Gasteiger partial charge in [-0.2, -0.15) is 5.26 Å². The first kappa shape index (κ1) is 24.9. The smallest absolute Gasteiger partial charge is 0.264 e. The highest BCUT2D eigenvalue weighted by Gasteiger charge is 2.40. The molecule has 1 aliphatic heterocycles. The van der Waals surface area contributed by atoms with Gasteiger partial charge in [0.15, 0.2) is 0 Å². The van der Waals surface area contributed by atoms with Crippen molar-refractivity contribution in [2.75, 3.05) is 4.90 Å². The summed E-state index contributed by atoms with van der Waals surface area (Å²) in [5.74, 6) is -0.734. The van der Waals surface area contributed by atoms with E-state index < -0.39 is 11.2 Å². The Labute approximate surface area is 218 Å². The first-order valence-electron chi connectivity index (χ1n) is 10.8. The third-order valence-electron chi connectivity index (χ3n) is 5.50. The molecule has 8 heteroatoms. The number of carbonyl (C=O) groups is 2. The van der Waals surface area contributed by atoms with Gasteiger partial charge in [-0.3, -0.25) is 14.5 Å². The summed E-state index contributed by atoms with van der Waals surface area (Å²) < 4.78 is 0. The molecule has 0 aromatic heterocycles. The van der Waals surface area contributed by atoms with Crippen LogP contribution in [0.5, 0.6) is 0 Å². The molecule has 4 rings (SSSR count). The monoisotopic (exact) mass is 521 g/mol. The van der Waals surface area contributed by atoms with Crippen LogP contribution in [0.4, 0.5) is 5.69 Å². The van der Waals surface area contributed by atoms with Crippen LogP contribution in [0.2, 0.25) is 10.0 Å². The largest absolute Gasteiger partial charge is 0.347 e. The van der Waals surface area contributed by atoms with Gasteiger partial charge in [0.1, 0.15) is 16.7 Å². The maximum atomic E-state index is 13.6. The number of carbonyl (C=O) groups excluding carboxylic acids is 2. The number of anilines is 1. The SMILES string of the molecule is Cc1ccc(N2C(=O)C(Cc3ccc(Cl)c(Cl)c3)S/C2=C(/C#N)C(=O)NCc2ccccc2)cc1. The molecule has 0 bridgehead atoms. The Bertz CT molecular complexity index is 1330. The van der Waals surface area contributed by atoms with Crippen LogP contribution < -0.4 is 10.2 Å². The van der Waals surface area contributed by atoms with Crippen LogP contribution in [0, 0.1) is 18.3 Å². The molecule has 0 saturated carbocycles. The molecule has 1 aliphatic rings. The average Bonchev–Trinajstić information content (AvgIpc) is 3.17. The van der Waals surface area contributed by atoms with Gasteiger partial charge < -0.3 is 5.32 Å². The fourth-order valence-corrected chi connectivity index (χ4v) is 5.29. The Morgan fingerprint density at radius 1 is 1.03 bits per heavy atom. The van der Waals surface area contributed by atoms with Crippen LogP contribution in [0.3, 0.4) is 0 Å². The number of halogens is 2. The summed E-state index contributed by atoms with van der Waals surface area (Å²) in [6.07, 6.45) is 0.372. The van der Waals surface area contributed by atoms with E-state index >= 15 is 0 Å². The van der Waals surface area contributed by atoms with Gasteiger partial charge in [0.2, 0.25) is 5.91 Å². The number of amides is 2. The van der Waals surface area contributed by atoms with Crippen molar-refractivity contribution in [1.82, 2.24) is 5.32 Å². The summed E-state index contributed by atoms with van der Waals surface area (Å²) in [6, 6.07) is 24.1. The minimum absolute atomic E-state index is 0.100. The van der Waals surface area contributed by atoms with Gasteiger partial charge in [0.05, 0.1) is 15.3 Å². The Kier molecular flexibility index (Phi) is 7.82. The molecule has 2 amide bonds. The van der Waals surface area contributed by atoms with E-state index in [1.54, 1.807) is 12.1 Å². The molecule has 3 aromatic carbocycles. The molecule has 0 aliphatic carbocycles. The molecule has 5 nitrogen and oxygen atoms in total. The maximum Gasteiger partial charge on any atom is 0.264 e. The quantitative estimate of drug-likeness (QED) is 0.316. The molecular formula is C27H21Cl2N3O2S. The zero-order chi connectivity index (χ0) is 24.9. The lowest BCUT2D eigenvalue weighted by atomic mass is 10.1. The number of nitrogens with zero attached hydrogens (tertiary/aromatic N) is 2. The highest BCUT2D eigenvalue weighted by molar-refractivity contribution is 8.05. The number of benzene rings is 3. The molecule has 1 heterocycles. The van der Waals surface area contributed by atoms with Crippen LogP contribution in [-0.2, 0) is 22.6 Å². The Morgan fingerprint density at radius 3 is 2.40 bits per heavy atom. The van der Waals surface area contributed by atoms with Crippen LogP contribution in [-0.4, -0.2) is 17.1 Å². The van der Waals surface area contributed by atoms with Gasteiger partial charge in [-0.1, -0.05) is 89.1 Å².